The van der Waals surface area contributed by atoms with Crippen molar-refractivity contribution in [1.29, 1.82) is 0 Å². The number of rotatable bonds is 5. The van der Waals surface area contributed by atoms with Crippen molar-refractivity contribution in [3.8, 4) is 0 Å². The second kappa shape index (κ2) is 6.17. The maximum atomic E-state index is 13.7. The molecular weight excluding hydrogens is 268 g/mol. The van der Waals surface area contributed by atoms with E-state index in [1.54, 1.807) is 0 Å². The van der Waals surface area contributed by atoms with Crippen LogP contribution in [-0.2, 0) is 9.47 Å². The number of esters is 1. The molecule has 1 saturated carbocycles. The van der Waals surface area contributed by atoms with E-state index in [0.717, 1.165) is 26.0 Å². The number of hydrogen-bond acceptors (Lipinski definition) is 4. The van der Waals surface area contributed by atoms with Gasteiger partial charge in [0, 0.05) is 18.7 Å². The third kappa shape index (κ3) is 3.07. The molecule has 0 bridgehead atoms. The van der Waals surface area contributed by atoms with Gasteiger partial charge in [-0.25, -0.2) is 13.6 Å². The van der Waals surface area contributed by atoms with E-state index in [2.05, 4.69) is 10.1 Å². The molecule has 0 radical (unpaired) electrons. The highest BCUT2D eigenvalue weighted by Gasteiger charge is 2.30. The maximum absolute atomic E-state index is 13.7. The summed E-state index contributed by atoms with van der Waals surface area (Å²) in [4.78, 5) is 11.4. The van der Waals surface area contributed by atoms with Crippen molar-refractivity contribution in [3.63, 3.8) is 0 Å². The number of hydrogen-bond donors (Lipinski definition) is 1. The quantitative estimate of drug-likeness (QED) is 0.845. The van der Waals surface area contributed by atoms with Gasteiger partial charge in [-0.3, -0.25) is 0 Å². The minimum absolute atomic E-state index is 0.0667. The number of ether oxygens (including phenoxy) is 2. The van der Waals surface area contributed by atoms with Crippen LogP contribution in [0.3, 0.4) is 0 Å². The Bertz CT molecular complexity index is 501. The molecule has 0 unspecified atom stereocenters. The number of methoxy groups -OCH3 is 1. The van der Waals surface area contributed by atoms with Gasteiger partial charge in [-0.1, -0.05) is 0 Å². The number of halogens is 2. The summed E-state index contributed by atoms with van der Waals surface area (Å²) in [5.74, 6) is -2.48. The van der Waals surface area contributed by atoms with Crippen LogP contribution in [0.2, 0.25) is 0 Å². The predicted octanol–water partition coefficient (Wildman–Crippen LogP) is 2.73. The van der Waals surface area contributed by atoms with Crippen molar-refractivity contribution in [3.05, 3.63) is 29.3 Å². The third-order valence-corrected chi connectivity index (χ3v) is 3.32. The Labute approximate surface area is 116 Å². The van der Waals surface area contributed by atoms with Gasteiger partial charge in [0.15, 0.2) is 0 Å². The Hall–Kier alpha value is -1.69. The van der Waals surface area contributed by atoms with Crippen LogP contribution in [0.1, 0.15) is 30.1 Å². The first-order valence-corrected chi connectivity index (χ1v) is 6.50. The monoisotopic (exact) mass is 285 g/mol. The highest BCUT2D eigenvalue weighted by molar-refractivity contribution is 5.90. The van der Waals surface area contributed by atoms with Gasteiger partial charge in [0.1, 0.15) is 11.6 Å². The standard InChI is InChI=1S/C14H17F2NO3/c1-3-20-9-4-8(5-9)17-13-6-10(14(18)19-2)11(15)7-12(13)16/h6-9,17H,3-5H2,1-2H3. The molecule has 1 aliphatic rings. The van der Waals surface area contributed by atoms with E-state index in [1.807, 2.05) is 6.92 Å². The third-order valence-electron chi connectivity index (χ3n) is 3.32. The van der Waals surface area contributed by atoms with E-state index in [-0.39, 0.29) is 23.4 Å². The zero-order valence-electron chi connectivity index (χ0n) is 11.4. The van der Waals surface area contributed by atoms with Crippen LogP contribution in [0.15, 0.2) is 12.1 Å². The topological polar surface area (TPSA) is 47.6 Å². The van der Waals surface area contributed by atoms with Crippen molar-refractivity contribution in [2.45, 2.75) is 31.9 Å². The summed E-state index contributed by atoms with van der Waals surface area (Å²) >= 11 is 0. The molecule has 6 heteroatoms. The summed E-state index contributed by atoms with van der Waals surface area (Å²) in [6, 6.07) is 1.90. The van der Waals surface area contributed by atoms with Crippen LogP contribution >= 0.6 is 0 Å². The first-order valence-electron chi connectivity index (χ1n) is 6.50. The number of nitrogens with one attached hydrogen (secondary N) is 1. The summed E-state index contributed by atoms with van der Waals surface area (Å²) in [6.45, 7) is 2.57. The zero-order chi connectivity index (χ0) is 14.7. The van der Waals surface area contributed by atoms with Crippen LogP contribution in [0.5, 0.6) is 0 Å². The average Bonchev–Trinajstić information content (AvgIpc) is 2.38. The lowest BCUT2D eigenvalue weighted by Crippen LogP contribution is -2.41. The van der Waals surface area contributed by atoms with E-state index < -0.39 is 17.6 Å². The molecular formula is C14H17F2NO3. The lowest BCUT2D eigenvalue weighted by atomic mass is 9.89. The molecule has 4 nitrogen and oxygen atoms in total. The molecule has 110 valence electrons. The summed E-state index contributed by atoms with van der Waals surface area (Å²) in [5, 5.41) is 2.95. The first-order chi connectivity index (χ1) is 9.55. The molecule has 2 rings (SSSR count). The second-order valence-corrected chi connectivity index (χ2v) is 4.69. The van der Waals surface area contributed by atoms with Crippen molar-refractivity contribution < 1.29 is 23.0 Å². The van der Waals surface area contributed by atoms with Gasteiger partial charge in [-0.2, -0.15) is 0 Å². The minimum Gasteiger partial charge on any atom is -0.465 e. The molecule has 1 aliphatic carbocycles. The summed E-state index contributed by atoms with van der Waals surface area (Å²) < 4.78 is 37.0. The van der Waals surface area contributed by atoms with Gasteiger partial charge in [0.05, 0.1) is 24.5 Å². The highest BCUT2D eigenvalue weighted by atomic mass is 19.1. The molecule has 1 aromatic rings. The van der Waals surface area contributed by atoms with E-state index >= 15 is 0 Å². The second-order valence-electron chi connectivity index (χ2n) is 4.69. The molecule has 1 fully saturated rings. The summed E-state index contributed by atoms with van der Waals surface area (Å²) in [5.41, 5.74) is -0.177. The predicted molar refractivity (Wildman–Crippen MR) is 69.8 cm³/mol. The van der Waals surface area contributed by atoms with Crippen LogP contribution in [0, 0.1) is 11.6 Å². The van der Waals surface area contributed by atoms with E-state index in [9.17, 15) is 13.6 Å². The lowest BCUT2D eigenvalue weighted by Gasteiger charge is -2.36. The molecule has 1 aromatic carbocycles. The Kier molecular flexibility index (Phi) is 4.54. The normalized spacial score (nSPS) is 21.2. The van der Waals surface area contributed by atoms with E-state index in [0.29, 0.717) is 12.7 Å². The summed E-state index contributed by atoms with van der Waals surface area (Å²) in [7, 11) is 1.15. The zero-order valence-corrected chi connectivity index (χ0v) is 11.4. The Morgan fingerprint density at radius 3 is 2.65 bits per heavy atom. The van der Waals surface area contributed by atoms with Gasteiger partial charge >= 0.3 is 5.97 Å². The number of anilines is 1. The van der Waals surface area contributed by atoms with Crippen molar-refractivity contribution in [2.75, 3.05) is 19.0 Å². The SMILES string of the molecule is CCOC1CC(Nc2cc(C(=O)OC)c(F)cc2F)C1. The minimum atomic E-state index is -0.930. The van der Waals surface area contributed by atoms with Crippen molar-refractivity contribution in [1.82, 2.24) is 0 Å². The number of carbonyl (C=O) groups excluding carboxylic acids is 1. The fourth-order valence-corrected chi connectivity index (χ4v) is 2.20. The van der Waals surface area contributed by atoms with Gasteiger partial charge in [0.25, 0.3) is 0 Å². The fraction of sp³-hybridized carbons (Fsp3) is 0.500. The molecule has 0 amide bonds. The first kappa shape index (κ1) is 14.7. The van der Waals surface area contributed by atoms with E-state index in [1.165, 1.54) is 0 Å². The van der Waals surface area contributed by atoms with Gasteiger partial charge in [0.2, 0.25) is 0 Å². The van der Waals surface area contributed by atoms with Gasteiger partial charge in [-0.15, -0.1) is 0 Å². The lowest BCUT2D eigenvalue weighted by molar-refractivity contribution is 0.00292. The maximum Gasteiger partial charge on any atom is 0.340 e. The fourth-order valence-electron chi connectivity index (χ4n) is 2.20. The average molecular weight is 285 g/mol. The van der Waals surface area contributed by atoms with Crippen LogP contribution in [0.25, 0.3) is 0 Å². The smallest absolute Gasteiger partial charge is 0.340 e. The molecule has 0 aromatic heterocycles. The van der Waals surface area contributed by atoms with Crippen LogP contribution in [0.4, 0.5) is 14.5 Å². The van der Waals surface area contributed by atoms with Gasteiger partial charge in [-0.05, 0) is 25.8 Å². The Balaban J connectivity index is 2.07. The molecule has 1 N–H and O–H groups in total. The Morgan fingerprint density at radius 1 is 1.35 bits per heavy atom. The molecule has 0 spiro atoms. The summed E-state index contributed by atoms with van der Waals surface area (Å²) in [6.07, 6.45) is 1.71. The molecule has 20 heavy (non-hydrogen) atoms. The highest BCUT2D eigenvalue weighted by Crippen LogP contribution is 2.29. The van der Waals surface area contributed by atoms with Crippen LogP contribution in [-0.4, -0.2) is 31.8 Å². The molecule has 0 aliphatic heterocycles. The van der Waals surface area contributed by atoms with Crippen LogP contribution < -0.4 is 5.32 Å². The van der Waals surface area contributed by atoms with Crippen molar-refractivity contribution in [2.24, 2.45) is 0 Å². The van der Waals surface area contributed by atoms with Crippen molar-refractivity contribution >= 4 is 11.7 Å². The van der Waals surface area contributed by atoms with E-state index in [4.69, 9.17) is 4.74 Å². The molecule has 0 heterocycles. The molecule has 0 saturated heterocycles. The molecule has 0 atom stereocenters. The number of carbonyl (C=O) groups is 1. The Morgan fingerprint density at radius 2 is 2.05 bits per heavy atom. The van der Waals surface area contributed by atoms with Gasteiger partial charge < -0.3 is 14.8 Å². The largest absolute Gasteiger partial charge is 0.465 e. The number of benzene rings is 1.